The maximum Gasteiger partial charge on any atom is 0.171 e. The fourth-order valence-corrected chi connectivity index (χ4v) is 15.6. The fraction of sp³-hybridized carbons (Fsp3) is 0.0164. The van der Waals surface area contributed by atoms with Crippen LogP contribution >= 0.6 is 14.3 Å². The van der Waals surface area contributed by atoms with Crippen LogP contribution in [0.2, 0.25) is 0 Å². The molecular weight excluding hydrogens is 859 g/mol. The van der Waals surface area contributed by atoms with E-state index in [9.17, 15) is 0 Å². The van der Waals surface area contributed by atoms with Crippen molar-refractivity contribution in [3.8, 4) is 45.3 Å². The van der Waals surface area contributed by atoms with Crippen LogP contribution in [-0.2, 0) is 14.5 Å². The Hall–Kier alpha value is -7.74. The highest BCUT2D eigenvalue weighted by Gasteiger charge is 2.52. The van der Waals surface area contributed by atoms with E-state index in [1.165, 1.54) is 0 Å². The Labute approximate surface area is 390 Å². The molecule has 0 aromatic heterocycles. The maximum absolute atomic E-state index is 16.6. The first kappa shape index (κ1) is 40.7. The Morgan fingerprint density at radius 1 is 0.254 bits per heavy atom. The van der Waals surface area contributed by atoms with Gasteiger partial charge in [0.2, 0.25) is 0 Å². The molecule has 0 aliphatic carbocycles. The van der Waals surface area contributed by atoms with E-state index in [-0.39, 0.29) is 0 Å². The molecule has 0 saturated carbocycles. The Bertz CT molecular complexity index is 3350. The highest BCUT2D eigenvalue weighted by atomic mass is 31.2. The zero-order chi connectivity index (χ0) is 45.0. The molecule has 0 fully saturated rings. The van der Waals surface area contributed by atoms with Gasteiger partial charge in [-0.3, -0.25) is 0 Å². The number of benzene rings is 10. The van der Waals surface area contributed by atoms with Crippen molar-refractivity contribution in [2.45, 2.75) is 5.41 Å². The molecule has 2 heterocycles. The van der Waals surface area contributed by atoms with Crippen LogP contribution in [0.5, 0.6) is 23.0 Å². The van der Waals surface area contributed by atoms with Gasteiger partial charge in [-0.05, 0) is 82.9 Å². The van der Waals surface area contributed by atoms with Crippen LogP contribution in [0.4, 0.5) is 0 Å². The number of ether oxygens (including phenoxy) is 2. The lowest BCUT2D eigenvalue weighted by Crippen LogP contribution is -2.39. The van der Waals surface area contributed by atoms with Crippen LogP contribution in [-0.4, -0.2) is 0 Å². The first-order valence-corrected chi connectivity index (χ1v) is 25.9. The Morgan fingerprint density at radius 2 is 0.567 bits per heavy atom. The molecule has 0 N–H and O–H groups in total. The Morgan fingerprint density at radius 3 is 0.985 bits per heavy atom. The van der Waals surface area contributed by atoms with Crippen LogP contribution in [0.3, 0.4) is 0 Å². The second-order valence-corrected chi connectivity index (χ2v) is 22.6. The summed E-state index contributed by atoms with van der Waals surface area (Å²) in [5, 5.41) is 4.23. The van der Waals surface area contributed by atoms with Crippen molar-refractivity contribution in [1.82, 2.24) is 0 Å². The van der Waals surface area contributed by atoms with E-state index >= 15 is 9.13 Å². The van der Waals surface area contributed by atoms with Crippen molar-refractivity contribution >= 4 is 46.1 Å². The van der Waals surface area contributed by atoms with Gasteiger partial charge in [0.25, 0.3) is 0 Å². The molecule has 320 valence electrons. The molecule has 1 spiro atoms. The van der Waals surface area contributed by atoms with Gasteiger partial charge in [0.05, 0.1) is 5.41 Å². The highest BCUT2D eigenvalue weighted by Crippen LogP contribution is 2.62. The highest BCUT2D eigenvalue weighted by molar-refractivity contribution is 7.85. The van der Waals surface area contributed by atoms with Crippen LogP contribution in [0.25, 0.3) is 22.3 Å². The number of hydrogen-bond donors (Lipinski definition) is 0. The number of rotatable bonds is 8. The molecule has 0 bridgehead atoms. The van der Waals surface area contributed by atoms with E-state index < -0.39 is 19.7 Å². The first-order valence-electron chi connectivity index (χ1n) is 22.4. The molecule has 0 amide bonds. The molecule has 2 atom stereocenters. The van der Waals surface area contributed by atoms with Crippen LogP contribution in [0.1, 0.15) is 22.3 Å². The third-order valence-corrected chi connectivity index (χ3v) is 19.4. The lowest BCUT2D eigenvalue weighted by molar-refractivity contribution is 0.399. The minimum Gasteiger partial charge on any atom is -0.457 e. The minimum atomic E-state index is -3.57. The minimum absolute atomic E-state index is 0.634. The van der Waals surface area contributed by atoms with Crippen molar-refractivity contribution in [2.75, 3.05) is 0 Å². The Kier molecular flexibility index (Phi) is 9.91. The first-order chi connectivity index (χ1) is 33.0. The molecule has 2 aliphatic rings. The summed E-state index contributed by atoms with van der Waals surface area (Å²) in [6, 6.07) is 84.7. The largest absolute Gasteiger partial charge is 0.457 e. The van der Waals surface area contributed by atoms with Gasteiger partial charge in [-0.1, -0.05) is 194 Å². The van der Waals surface area contributed by atoms with Gasteiger partial charge >= 0.3 is 0 Å². The summed E-state index contributed by atoms with van der Waals surface area (Å²) >= 11 is 0. The fourth-order valence-electron chi connectivity index (χ4n) is 10.2. The molecule has 12 rings (SSSR count). The normalized spacial score (nSPS) is 16.1. The zero-order valence-electron chi connectivity index (χ0n) is 36.3. The van der Waals surface area contributed by atoms with Crippen molar-refractivity contribution in [1.29, 1.82) is 0 Å². The number of fused-ring (bicyclic) bond motifs is 8. The van der Waals surface area contributed by atoms with Gasteiger partial charge in [-0.2, -0.15) is 0 Å². The molecule has 6 heteroatoms. The van der Waals surface area contributed by atoms with Crippen LogP contribution < -0.4 is 41.3 Å². The van der Waals surface area contributed by atoms with Gasteiger partial charge in [-0.25, -0.2) is 0 Å². The summed E-state index contributed by atoms with van der Waals surface area (Å²) in [5.74, 6) is 2.66. The lowest BCUT2D eigenvalue weighted by Gasteiger charge is -2.45. The average molecular weight is 901 g/mol. The van der Waals surface area contributed by atoms with Crippen molar-refractivity contribution in [3.63, 3.8) is 0 Å². The van der Waals surface area contributed by atoms with Gasteiger partial charge < -0.3 is 18.6 Å². The number of hydrogen-bond acceptors (Lipinski definition) is 4. The maximum atomic E-state index is 16.6. The van der Waals surface area contributed by atoms with Crippen LogP contribution in [0.15, 0.2) is 255 Å². The second-order valence-electron chi connectivity index (χ2n) is 17.0. The summed E-state index contributed by atoms with van der Waals surface area (Å²) in [6.07, 6.45) is 0. The molecule has 2 aliphatic heterocycles. The predicted octanol–water partition coefficient (Wildman–Crippen LogP) is 12.9. The molecule has 2 unspecified atom stereocenters. The summed E-state index contributed by atoms with van der Waals surface area (Å²) in [6.45, 7) is 0. The van der Waals surface area contributed by atoms with Crippen molar-refractivity contribution < 1.29 is 18.6 Å². The molecule has 0 radical (unpaired) electrons. The third kappa shape index (κ3) is 6.51. The van der Waals surface area contributed by atoms with E-state index in [1.54, 1.807) is 0 Å². The second kappa shape index (κ2) is 16.3. The Balaban J connectivity index is 1.14. The molecule has 4 nitrogen and oxygen atoms in total. The van der Waals surface area contributed by atoms with E-state index in [0.29, 0.717) is 33.6 Å². The van der Waals surface area contributed by atoms with E-state index in [1.807, 2.05) is 182 Å². The quantitative estimate of drug-likeness (QED) is 0.143. The summed E-state index contributed by atoms with van der Waals surface area (Å²) in [7, 11) is -7.14. The average Bonchev–Trinajstić information content (AvgIpc) is 3.41. The molecule has 10 aromatic rings. The molecule has 67 heavy (non-hydrogen) atoms. The lowest BCUT2D eigenvalue weighted by atomic mass is 9.62. The SMILES string of the molecule is O=P(c1ccccc1)(c1cccc(-c2ccccc2)c1)c1ccc2c(c1)C1(c3ccccc3O2)c2ccccc2Oc2ccc(P(=O)(c3ccccc3)c3cccc(-c4ccccc4)c3)cc21. The molecule has 10 aromatic carbocycles. The topological polar surface area (TPSA) is 52.6 Å². The summed E-state index contributed by atoms with van der Waals surface area (Å²) in [4.78, 5) is 0. The molecular formula is C61H42O4P2. The van der Waals surface area contributed by atoms with Gasteiger partial charge in [0.1, 0.15) is 23.0 Å². The van der Waals surface area contributed by atoms with Crippen molar-refractivity contribution in [2.24, 2.45) is 0 Å². The predicted molar refractivity (Wildman–Crippen MR) is 275 cm³/mol. The van der Waals surface area contributed by atoms with E-state index in [2.05, 4.69) is 72.8 Å². The standard InChI is InChI=1S/C61H42O4P2/c62-66(47-25-9-3-10-26-47,49-29-17-23-45(39-49)43-19-5-1-6-20-43)51-35-37-59-55(41-51)61(53-31-13-15-33-57(53)64-59)54-32-14-16-34-58(54)65-60-38-36-52(42-56(60)61)67(63,48-27-11-4-12-28-48)50-30-18-24-46(40-50)44-21-7-2-8-22-44/h1-42H. The smallest absolute Gasteiger partial charge is 0.171 e. The summed E-state index contributed by atoms with van der Waals surface area (Å²) in [5.41, 5.74) is 6.41. The van der Waals surface area contributed by atoms with Crippen LogP contribution in [0, 0.1) is 0 Å². The third-order valence-electron chi connectivity index (χ3n) is 13.4. The van der Waals surface area contributed by atoms with Gasteiger partial charge in [-0.15, -0.1) is 0 Å². The van der Waals surface area contributed by atoms with Gasteiger partial charge in [0.15, 0.2) is 14.3 Å². The van der Waals surface area contributed by atoms with Crippen molar-refractivity contribution in [3.05, 3.63) is 277 Å². The monoisotopic (exact) mass is 900 g/mol. The van der Waals surface area contributed by atoms with E-state index in [4.69, 9.17) is 9.47 Å². The van der Waals surface area contributed by atoms with E-state index in [0.717, 1.165) is 65.7 Å². The number of para-hydroxylation sites is 2. The van der Waals surface area contributed by atoms with Gasteiger partial charge in [0, 0.05) is 54.1 Å². The molecule has 0 saturated heterocycles. The summed E-state index contributed by atoms with van der Waals surface area (Å²) < 4.78 is 47.0. The zero-order valence-corrected chi connectivity index (χ0v) is 38.1.